The Morgan fingerprint density at radius 1 is 1.11 bits per heavy atom. The Bertz CT molecular complexity index is 1210. The van der Waals surface area contributed by atoms with E-state index < -0.39 is 0 Å². The monoisotopic (exact) mass is 486 g/mol. The van der Waals surface area contributed by atoms with E-state index in [2.05, 4.69) is 15.6 Å². The quantitative estimate of drug-likeness (QED) is 0.399. The lowest BCUT2D eigenvalue weighted by molar-refractivity contribution is -0.116. The van der Waals surface area contributed by atoms with Crippen LogP contribution in [0.4, 0.5) is 17.2 Å². The Labute approximate surface area is 212 Å². The molecule has 7 heteroatoms. The minimum Gasteiger partial charge on any atom is -0.491 e. The molecule has 2 heterocycles. The van der Waals surface area contributed by atoms with Crippen molar-refractivity contribution in [2.24, 2.45) is 0 Å². The Hall–Kier alpha value is -3.87. The van der Waals surface area contributed by atoms with Gasteiger partial charge in [-0.15, -0.1) is 0 Å². The molecule has 0 fully saturated rings. The molecule has 0 bridgehead atoms. The van der Waals surface area contributed by atoms with Gasteiger partial charge in [-0.3, -0.25) is 9.59 Å². The number of benzene rings is 2. The molecule has 2 aromatic carbocycles. The van der Waals surface area contributed by atoms with Crippen molar-refractivity contribution in [2.75, 3.05) is 22.1 Å². The predicted octanol–water partition coefficient (Wildman–Crippen LogP) is 5.81. The van der Waals surface area contributed by atoms with E-state index in [4.69, 9.17) is 4.74 Å². The lowest BCUT2D eigenvalue weighted by atomic mass is 10.0. The number of carbonyl (C=O) groups is 2. The van der Waals surface area contributed by atoms with Crippen molar-refractivity contribution < 1.29 is 14.3 Å². The molecule has 2 N–H and O–H groups in total. The van der Waals surface area contributed by atoms with Crippen molar-refractivity contribution >= 4 is 29.0 Å². The van der Waals surface area contributed by atoms with Crippen LogP contribution >= 0.6 is 0 Å². The van der Waals surface area contributed by atoms with Crippen LogP contribution in [-0.4, -0.2) is 29.4 Å². The number of anilines is 3. The van der Waals surface area contributed by atoms with Gasteiger partial charge in [-0.05, 0) is 86.7 Å². The zero-order chi connectivity index (χ0) is 25.5. The number of ether oxygens (including phenoxy) is 1. The van der Waals surface area contributed by atoms with Gasteiger partial charge < -0.3 is 20.3 Å². The third-order valence-corrected chi connectivity index (χ3v) is 5.96. The molecule has 1 aliphatic heterocycles. The molecule has 1 aromatic heterocycles. The average Bonchev–Trinajstić information content (AvgIpc) is 2.87. The first-order chi connectivity index (χ1) is 17.4. The molecule has 4 rings (SSSR count). The van der Waals surface area contributed by atoms with Crippen LogP contribution in [0.2, 0.25) is 0 Å². The topological polar surface area (TPSA) is 83.6 Å². The van der Waals surface area contributed by atoms with Gasteiger partial charge in [0.05, 0.1) is 11.7 Å². The summed E-state index contributed by atoms with van der Waals surface area (Å²) in [6.45, 7) is 7.23. The lowest BCUT2D eigenvalue weighted by Gasteiger charge is -2.30. The summed E-state index contributed by atoms with van der Waals surface area (Å²) in [6, 6.07) is 17.3. The van der Waals surface area contributed by atoms with Crippen LogP contribution in [0.15, 0.2) is 60.8 Å². The molecule has 0 saturated heterocycles. The van der Waals surface area contributed by atoms with Crippen molar-refractivity contribution in [3.63, 3.8) is 0 Å². The molecule has 0 radical (unpaired) electrons. The lowest BCUT2D eigenvalue weighted by Crippen LogP contribution is -2.35. The standard InChI is InChI=1S/C29H34N4O3/c1-4-7-28(34)32-24-10-5-8-21(16-24)18-30-27-14-11-23(19-31-27)29(35)33-15-6-9-22-17-25(36-20(2)3)12-13-26(22)33/h5,8,10-14,16-17,19-20H,4,6-7,9,15,18H2,1-3H3,(H,30,31)(H,32,34). The fourth-order valence-electron chi connectivity index (χ4n) is 4.31. The van der Waals surface area contributed by atoms with Gasteiger partial charge in [0.25, 0.3) is 5.91 Å². The molecule has 2 amide bonds. The fraction of sp³-hybridized carbons (Fsp3) is 0.345. The number of nitrogens with zero attached hydrogens (tertiary/aromatic N) is 2. The maximum Gasteiger partial charge on any atom is 0.259 e. The average molecular weight is 487 g/mol. The minimum atomic E-state index is -0.0527. The van der Waals surface area contributed by atoms with Gasteiger partial charge in [-0.1, -0.05) is 19.1 Å². The molecule has 3 aromatic rings. The molecule has 0 saturated carbocycles. The van der Waals surface area contributed by atoms with E-state index in [0.29, 0.717) is 30.9 Å². The van der Waals surface area contributed by atoms with Gasteiger partial charge in [0, 0.05) is 37.1 Å². The largest absolute Gasteiger partial charge is 0.491 e. The Balaban J connectivity index is 1.38. The van der Waals surface area contributed by atoms with E-state index in [1.54, 1.807) is 6.20 Å². The summed E-state index contributed by atoms with van der Waals surface area (Å²) in [5, 5.41) is 6.21. The second kappa shape index (κ2) is 11.7. The maximum atomic E-state index is 13.3. The summed E-state index contributed by atoms with van der Waals surface area (Å²) < 4.78 is 5.82. The number of aromatic nitrogens is 1. The number of hydrogen-bond acceptors (Lipinski definition) is 5. The summed E-state index contributed by atoms with van der Waals surface area (Å²) in [4.78, 5) is 31.4. The van der Waals surface area contributed by atoms with E-state index in [-0.39, 0.29) is 17.9 Å². The van der Waals surface area contributed by atoms with Crippen molar-refractivity contribution in [3.8, 4) is 5.75 Å². The summed E-state index contributed by atoms with van der Waals surface area (Å²) in [6.07, 6.45) is 4.90. The highest BCUT2D eigenvalue weighted by Gasteiger charge is 2.24. The first-order valence-corrected chi connectivity index (χ1v) is 12.6. The molecule has 1 aliphatic rings. The van der Waals surface area contributed by atoms with Crippen molar-refractivity contribution in [2.45, 2.75) is 59.1 Å². The number of nitrogens with one attached hydrogen (secondary N) is 2. The summed E-state index contributed by atoms with van der Waals surface area (Å²) in [5.74, 6) is 1.48. The Morgan fingerprint density at radius 2 is 1.97 bits per heavy atom. The number of fused-ring (bicyclic) bond motifs is 1. The third kappa shape index (κ3) is 6.42. The van der Waals surface area contributed by atoms with Gasteiger partial charge in [0.1, 0.15) is 11.6 Å². The number of amides is 2. The van der Waals surface area contributed by atoms with Crippen molar-refractivity contribution in [1.29, 1.82) is 0 Å². The molecule has 0 atom stereocenters. The van der Waals surface area contributed by atoms with Crippen molar-refractivity contribution in [1.82, 2.24) is 4.98 Å². The SMILES string of the molecule is CCCC(=O)Nc1cccc(CNc2ccc(C(=O)N3CCCc4cc(OC(C)C)ccc43)cn2)c1. The first-order valence-electron chi connectivity index (χ1n) is 12.6. The predicted molar refractivity (Wildman–Crippen MR) is 144 cm³/mol. The summed E-state index contributed by atoms with van der Waals surface area (Å²) in [5.41, 5.74) is 4.43. The fourth-order valence-corrected chi connectivity index (χ4v) is 4.31. The zero-order valence-corrected chi connectivity index (χ0v) is 21.2. The van der Waals surface area contributed by atoms with Crippen LogP contribution in [0.5, 0.6) is 5.75 Å². The first kappa shape index (κ1) is 25.2. The minimum absolute atomic E-state index is 0.0187. The van der Waals surface area contributed by atoms with Gasteiger partial charge >= 0.3 is 0 Å². The van der Waals surface area contributed by atoms with Gasteiger partial charge in [-0.25, -0.2) is 4.98 Å². The van der Waals surface area contributed by atoms with Crippen LogP contribution in [0.3, 0.4) is 0 Å². The van der Waals surface area contributed by atoms with Crippen LogP contribution in [0, 0.1) is 0 Å². The highest BCUT2D eigenvalue weighted by molar-refractivity contribution is 6.06. The molecule has 36 heavy (non-hydrogen) atoms. The Kier molecular flexibility index (Phi) is 8.21. The van der Waals surface area contributed by atoms with Crippen molar-refractivity contribution in [3.05, 3.63) is 77.5 Å². The van der Waals surface area contributed by atoms with Crippen LogP contribution in [0.1, 0.15) is 61.5 Å². The van der Waals surface area contributed by atoms with E-state index in [1.165, 1.54) is 0 Å². The maximum absolute atomic E-state index is 13.3. The highest BCUT2D eigenvalue weighted by Crippen LogP contribution is 2.32. The molecule has 0 aliphatic carbocycles. The van der Waals surface area contributed by atoms with E-state index >= 15 is 0 Å². The normalized spacial score (nSPS) is 12.7. The molecule has 0 unspecified atom stereocenters. The summed E-state index contributed by atoms with van der Waals surface area (Å²) in [7, 11) is 0. The van der Waals surface area contributed by atoms with Crippen LogP contribution in [0.25, 0.3) is 0 Å². The molecule has 7 nitrogen and oxygen atoms in total. The van der Waals surface area contributed by atoms with E-state index in [1.807, 2.05) is 80.3 Å². The molecular weight excluding hydrogens is 452 g/mol. The van der Waals surface area contributed by atoms with E-state index in [0.717, 1.165) is 47.5 Å². The van der Waals surface area contributed by atoms with E-state index in [9.17, 15) is 9.59 Å². The number of carbonyl (C=O) groups excluding carboxylic acids is 2. The van der Waals surface area contributed by atoms with Gasteiger partial charge in [0.2, 0.25) is 5.91 Å². The zero-order valence-electron chi connectivity index (χ0n) is 21.2. The number of hydrogen-bond donors (Lipinski definition) is 2. The Morgan fingerprint density at radius 3 is 2.72 bits per heavy atom. The summed E-state index contributed by atoms with van der Waals surface area (Å²) >= 11 is 0. The number of pyridine rings is 1. The molecular formula is C29H34N4O3. The third-order valence-electron chi connectivity index (χ3n) is 5.96. The molecule has 188 valence electrons. The van der Waals surface area contributed by atoms with Crippen LogP contribution in [-0.2, 0) is 17.8 Å². The second-order valence-electron chi connectivity index (χ2n) is 9.30. The van der Waals surface area contributed by atoms with Crippen LogP contribution < -0.4 is 20.3 Å². The smallest absolute Gasteiger partial charge is 0.259 e. The highest BCUT2D eigenvalue weighted by atomic mass is 16.5. The number of rotatable bonds is 9. The second-order valence-corrected chi connectivity index (χ2v) is 9.30. The van der Waals surface area contributed by atoms with Gasteiger partial charge in [-0.2, -0.15) is 0 Å². The molecule has 0 spiro atoms. The number of aryl methyl sites for hydroxylation is 1. The van der Waals surface area contributed by atoms with Gasteiger partial charge in [0.15, 0.2) is 0 Å².